The molecule has 1 aromatic carbocycles. The molecule has 0 spiro atoms. The Labute approximate surface area is 189 Å². The second-order valence-electron chi connectivity index (χ2n) is 6.92. The lowest BCUT2D eigenvalue weighted by molar-refractivity contribution is 0.201. The molecule has 6 nitrogen and oxygen atoms in total. The van der Waals surface area contributed by atoms with Crippen LogP contribution in [0.1, 0.15) is 6.92 Å². The van der Waals surface area contributed by atoms with Gasteiger partial charge in [0, 0.05) is 43.3 Å². The predicted octanol–water partition coefficient (Wildman–Crippen LogP) is 3.65. The van der Waals surface area contributed by atoms with Gasteiger partial charge in [0.25, 0.3) is 0 Å². The van der Waals surface area contributed by atoms with Gasteiger partial charge < -0.3 is 19.6 Å². The number of pyridine rings is 2. The minimum Gasteiger partial charge on any atom is -0.491 e. The van der Waals surface area contributed by atoms with E-state index >= 15 is 0 Å². The number of fused-ring (bicyclic) bond motifs is 1. The number of anilines is 1. The Morgan fingerprint density at radius 2 is 1.77 bits per heavy atom. The van der Waals surface area contributed by atoms with E-state index in [2.05, 4.69) is 33.8 Å². The summed E-state index contributed by atoms with van der Waals surface area (Å²) in [7, 11) is 0. The number of benzene rings is 1. The van der Waals surface area contributed by atoms with Gasteiger partial charge in [-0.15, -0.1) is 24.8 Å². The fourth-order valence-electron chi connectivity index (χ4n) is 3.60. The van der Waals surface area contributed by atoms with Gasteiger partial charge in [-0.1, -0.05) is 13.0 Å². The number of likely N-dealkylation sites (N-methyl/N-ethyl adjacent to an activating group) is 1. The average molecular weight is 451 g/mol. The first-order valence-corrected chi connectivity index (χ1v) is 9.85. The van der Waals surface area contributed by atoms with Gasteiger partial charge in [-0.05, 0) is 42.9 Å². The first-order valence-electron chi connectivity index (χ1n) is 9.85. The Kier molecular flexibility index (Phi) is 9.11. The maximum atomic E-state index is 8.90. The Hall–Kier alpha value is -2.12. The van der Waals surface area contributed by atoms with E-state index in [1.807, 2.05) is 36.5 Å². The van der Waals surface area contributed by atoms with E-state index in [-0.39, 0.29) is 31.4 Å². The molecule has 1 aliphatic heterocycles. The number of aliphatic hydroxyl groups is 1. The van der Waals surface area contributed by atoms with Crippen LogP contribution < -0.4 is 9.64 Å². The third-order valence-electron chi connectivity index (χ3n) is 5.20. The van der Waals surface area contributed by atoms with Crippen LogP contribution in [0.15, 0.2) is 48.7 Å². The zero-order valence-corrected chi connectivity index (χ0v) is 18.7. The molecular weight excluding hydrogens is 423 g/mol. The molecule has 2 aromatic heterocycles. The largest absolute Gasteiger partial charge is 0.491 e. The van der Waals surface area contributed by atoms with Crippen molar-refractivity contribution < 1.29 is 9.84 Å². The number of aromatic nitrogens is 2. The fraction of sp³-hybridized carbons (Fsp3) is 0.364. The number of ether oxygens (including phenoxy) is 1. The number of rotatable bonds is 6. The summed E-state index contributed by atoms with van der Waals surface area (Å²) in [6.07, 6.45) is 1.84. The predicted molar refractivity (Wildman–Crippen MR) is 126 cm³/mol. The topological polar surface area (TPSA) is 61.7 Å². The van der Waals surface area contributed by atoms with E-state index in [1.54, 1.807) is 0 Å². The van der Waals surface area contributed by atoms with E-state index in [0.29, 0.717) is 6.61 Å². The molecule has 0 saturated carbocycles. The zero-order chi connectivity index (χ0) is 19.3. The third-order valence-corrected chi connectivity index (χ3v) is 5.20. The molecule has 30 heavy (non-hydrogen) atoms. The Balaban J connectivity index is 0.00000160. The number of hydrogen-bond donors (Lipinski definition) is 1. The summed E-state index contributed by atoms with van der Waals surface area (Å²) in [5, 5.41) is 10.00. The highest BCUT2D eigenvalue weighted by Gasteiger charge is 2.20. The summed E-state index contributed by atoms with van der Waals surface area (Å²) in [6.45, 7) is 7.63. The maximum Gasteiger partial charge on any atom is 0.155 e. The van der Waals surface area contributed by atoms with Crippen LogP contribution in [-0.4, -0.2) is 65.9 Å². The highest BCUT2D eigenvalue weighted by atomic mass is 35.5. The van der Waals surface area contributed by atoms with Crippen LogP contribution in [-0.2, 0) is 0 Å². The fourth-order valence-corrected chi connectivity index (χ4v) is 3.60. The minimum absolute atomic E-state index is 0. The molecule has 1 saturated heterocycles. The second-order valence-corrected chi connectivity index (χ2v) is 6.92. The van der Waals surface area contributed by atoms with Crippen LogP contribution in [0.3, 0.4) is 0 Å². The summed E-state index contributed by atoms with van der Waals surface area (Å²) in [5.41, 5.74) is 2.93. The molecule has 1 aliphatic rings. The Morgan fingerprint density at radius 1 is 1.03 bits per heavy atom. The number of nitrogens with zero attached hydrogens (tertiary/aromatic N) is 4. The van der Waals surface area contributed by atoms with Crippen molar-refractivity contribution in [3.63, 3.8) is 0 Å². The minimum atomic E-state index is 0. The summed E-state index contributed by atoms with van der Waals surface area (Å²) in [5.74, 6) is 1.71. The standard InChI is InChI=1S/C22H26N4O2.2ClH/c1-2-25-10-12-26(13-11-25)22-21-18(4-3-9-23-21)16-20(24-22)17-5-7-19(8-6-17)28-15-14-27;;/h3-9,16,27H,2,10-15H2,1H3;2*1H. The van der Waals surface area contributed by atoms with Gasteiger partial charge in [-0.3, -0.25) is 4.98 Å². The van der Waals surface area contributed by atoms with Crippen molar-refractivity contribution in [3.8, 4) is 17.0 Å². The molecule has 0 unspecified atom stereocenters. The summed E-state index contributed by atoms with van der Waals surface area (Å²) < 4.78 is 5.46. The number of aliphatic hydroxyl groups excluding tert-OH is 1. The van der Waals surface area contributed by atoms with E-state index in [0.717, 1.165) is 66.5 Å². The molecule has 162 valence electrons. The normalized spacial score (nSPS) is 14.1. The van der Waals surface area contributed by atoms with Crippen molar-refractivity contribution in [2.24, 2.45) is 0 Å². The molecule has 3 heterocycles. The van der Waals surface area contributed by atoms with E-state index in [9.17, 15) is 0 Å². The van der Waals surface area contributed by atoms with Crippen LogP contribution >= 0.6 is 24.8 Å². The van der Waals surface area contributed by atoms with Crippen LogP contribution in [0, 0.1) is 0 Å². The number of hydrogen-bond acceptors (Lipinski definition) is 6. The highest BCUT2D eigenvalue weighted by Crippen LogP contribution is 2.30. The van der Waals surface area contributed by atoms with Crippen molar-refractivity contribution in [2.45, 2.75) is 6.92 Å². The van der Waals surface area contributed by atoms with Gasteiger partial charge in [0.2, 0.25) is 0 Å². The lowest BCUT2D eigenvalue weighted by Gasteiger charge is -2.35. The van der Waals surface area contributed by atoms with Crippen LogP contribution in [0.4, 0.5) is 5.82 Å². The van der Waals surface area contributed by atoms with Crippen molar-refractivity contribution in [3.05, 3.63) is 48.7 Å². The van der Waals surface area contributed by atoms with Gasteiger partial charge in [0.1, 0.15) is 17.9 Å². The van der Waals surface area contributed by atoms with Gasteiger partial charge >= 0.3 is 0 Å². The molecule has 0 bridgehead atoms. The van der Waals surface area contributed by atoms with E-state index < -0.39 is 0 Å². The molecule has 0 aliphatic carbocycles. The molecule has 1 fully saturated rings. The van der Waals surface area contributed by atoms with Gasteiger partial charge in [-0.25, -0.2) is 4.98 Å². The molecular formula is C22H28Cl2N4O2. The molecule has 0 atom stereocenters. The second kappa shape index (κ2) is 11.3. The van der Waals surface area contributed by atoms with E-state index in [4.69, 9.17) is 14.8 Å². The van der Waals surface area contributed by atoms with Crippen molar-refractivity contribution in [2.75, 3.05) is 50.8 Å². The van der Waals surface area contributed by atoms with Crippen LogP contribution in [0.5, 0.6) is 5.75 Å². The SMILES string of the molecule is CCN1CCN(c2nc(-c3ccc(OCCO)cc3)cc3cccnc23)CC1.Cl.Cl. The quantitative estimate of drug-likeness (QED) is 0.618. The lowest BCUT2D eigenvalue weighted by Crippen LogP contribution is -2.46. The Morgan fingerprint density at radius 3 is 2.43 bits per heavy atom. The van der Waals surface area contributed by atoms with Crippen molar-refractivity contribution >= 4 is 41.5 Å². The monoisotopic (exact) mass is 450 g/mol. The Bertz CT molecular complexity index is 932. The average Bonchev–Trinajstić information content (AvgIpc) is 2.77. The van der Waals surface area contributed by atoms with Gasteiger partial charge in [0.05, 0.1) is 12.3 Å². The first-order chi connectivity index (χ1) is 13.8. The zero-order valence-electron chi connectivity index (χ0n) is 17.0. The van der Waals surface area contributed by atoms with Crippen molar-refractivity contribution in [1.29, 1.82) is 0 Å². The van der Waals surface area contributed by atoms with E-state index in [1.165, 1.54) is 0 Å². The summed E-state index contributed by atoms with van der Waals surface area (Å²) in [4.78, 5) is 14.4. The third kappa shape index (κ3) is 5.32. The number of piperazine rings is 1. The highest BCUT2D eigenvalue weighted by molar-refractivity contribution is 5.91. The molecule has 0 radical (unpaired) electrons. The molecule has 0 amide bonds. The van der Waals surface area contributed by atoms with Crippen LogP contribution in [0.2, 0.25) is 0 Å². The molecule has 8 heteroatoms. The van der Waals surface area contributed by atoms with Crippen LogP contribution in [0.25, 0.3) is 22.2 Å². The van der Waals surface area contributed by atoms with Gasteiger partial charge in [-0.2, -0.15) is 0 Å². The lowest BCUT2D eigenvalue weighted by atomic mass is 10.1. The molecule has 4 rings (SSSR count). The summed E-state index contributed by atoms with van der Waals surface area (Å²) >= 11 is 0. The number of halogens is 2. The first kappa shape index (κ1) is 24.2. The smallest absolute Gasteiger partial charge is 0.155 e. The summed E-state index contributed by atoms with van der Waals surface area (Å²) in [6, 6.07) is 14.0. The molecule has 1 N–H and O–H groups in total. The maximum absolute atomic E-state index is 8.90. The molecule has 3 aromatic rings. The van der Waals surface area contributed by atoms with Crippen molar-refractivity contribution in [1.82, 2.24) is 14.9 Å². The van der Waals surface area contributed by atoms with Gasteiger partial charge in [0.15, 0.2) is 5.82 Å².